The molecule has 0 aromatic heterocycles. The van der Waals surface area contributed by atoms with Crippen molar-refractivity contribution in [2.75, 3.05) is 14.2 Å². The minimum Gasteiger partial charge on any atom is -0.493 e. The first-order valence-corrected chi connectivity index (χ1v) is 10.6. The molecule has 0 saturated carbocycles. The third-order valence-corrected chi connectivity index (χ3v) is 6.40. The summed E-state index contributed by atoms with van der Waals surface area (Å²) in [5, 5.41) is 13.5. The van der Waals surface area contributed by atoms with Gasteiger partial charge < -0.3 is 14.6 Å². The molecular weight excluding hydrogens is 400 g/mol. The Morgan fingerprint density at radius 1 is 1.16 bits per heavy atom. The molecule has 170 valence electrons. The molecule has 0 spiro atoms. The van der Waals surface area contributed by atoms with Crippen LogP contribution in [0.2, 0.25) is 0 Å². The predicted octanol–water partition coefficient (Wildman–Crippen LogP) is 2.76. The summed E-state index contributed by atoms with van der Waals surface area (Å²) in [5.41, 5.74) is -1.56. The summed E-state index contributed by atoms with van der Waals surface area (Å²) in [6, 6.07) is 4.61. The maximum absolute atomic E-state index is 13.5. The van der Waals surface area contributed by atoms with E-state index in [-0.39, 0.29) is 12.3 Å². The SMILES string of the molecule is CCCCC1(C(=O)O)NC(c2ccc(OC)c(OC)c2)C2C(=O)N(C(C)(C)C)C(=O)C21. The highest BCUT2D eigenvalue weighted by molar-refractivity contribution is 6.10. The topological polar surface area (TPSA) is 105 Å². The lowest BCUT2D eigenvalue weighted by molar-refractivity contribution is -0.154. The van der Waals surface area contributed by atoms with Crippen molar-refractivity contribution in [3.8, 4) is 11.5 Å². The Morgan fingerprint density at radius 3 is 2.32 bits per heavy atom. The van der Waals surface area contributed by atoms with Gasteiger partial charge in [-0.1, -0.05) is 25.8 Å². The second-order valence-electron chi connectivity index (χ2n) is 9.30. The zero-order valence-electron chi connectivity index (χ0n) is 19.0. The molecule has 1 aromatic rings. The van der Waals surface area contributed by atoms with Crippen LogP contribution in [0.25, 0.3) is 0 Å². The molecule has 2 fully saturated rings. The van der Waals surface area contributed by atoms with Crippen molar-refractivity contribution in [2.45, 2.75) is 64.1 Å². The van der Waals surface area contributed by atoms with Gasteiger partial charge in [0.15, 0.2) is 11.5 Å². The smallest absolute Gasteiger partial charge is 0.324 e. The summed E-state index contributed by atoms with van der Waals surface area (Å²) in [7, 11) is 3.04. The van der Waals surface area contributed by atoms with Crippen LogP contribution in [0.3, 0.4) is 0 Å². The van der Waals surface area contributed by atoms with Crippen LogP contribution in [-0.2, 0) is 14.4 Å². The molecule has 3 rings (SSSR count). The van der Waals surface area contributed by atoms with E-state index >= 15 is 0 Å². The lowest BCUT2D eigenvalue weighted by Gasteiger charge is -2.35. The standard InChI is InChI=1S/C23H32N2O6/c1-7-8-11-23(21(28)29)17-16(19(26)25(20(17)27)22(2,3)4)18(24-23)13-9-10-14(30-5)15(12-13)31-6/h9-10,12,16-18,24H,7-8,11H2,1-6H3,(H,28,29). The van der Waals surface area contributed by atoms with Crippen molar-refractivity contribution in [1.82, 2.24) is 10.2 Å². The van der Waals surface area contributed by atoms with Crippen LogP contribution in [0.15, 0.2) is 18.2 Å². The summed E-state index contributed by atoms with van der Waals surface area (Å²) >= 11 is 0. The van der Waals surface area contributed by atoms with Gasteiger partial charge in [-0.05, 0) is 44.9 Å². The van der Waals surface area contributed by atoms with Crippen molar-refractivity contribution in [2.24, 2.45) is 11.8 Å². The molecule has 8 heteroatoms. The lowest BCUT2D eigenvalue weighted by Crippen LogP contribution is -2.57. The zero-order chi connectivity index (χ0) is 23.1. The molecule has 1 aromatic carbocycles. The Kier molecular flexibility index (Phi) is 6.06. The van der Waals surface area contributed by atoms with Gasteiger partial charge in [-0.25, -0.2) is 0 Å². The Labute approximate surface area is 182 Å². The zero-order valence-corrected chi connectivity index (χ0v) is 19.0. The lowest BCUT2D eigenvalue weighted by atomic mass is 9.76. The summed E-state index contributed by atoms with van der Waals surface area (Å²) in [6.07, 6.45) is 1.67. The summed E-state index contributed by atoms with van der Waals surface area (Å²) in [6.45, 7) is 7.34. The molecule has 0 bridgehead atoms. The van der Waals surface area contributed by atoms with Crippen molar-refractivity contribution >= 4 is 17.8 Å². The number of rotatable bonds is 7. The number of ether oxygens (including phenoxy) is 2. The molecule has 31 heavy (non-hydrogen) atoms. The minimum absolute atomic E-state index is 0.265. The molecule has 4 unspecified atom stereocenters. The van der Waals surface area contributed by atoms with Gasteiger partial charge in [-0.15, -0.1) is 0 Å². The van der Waals surface area contributed by atoms with E-state index in [0.29, 0.717) is 23.5 Å². The Bertz CT molecular complexity index is 893. The number of hydrogen-bond acceptors (Lipinski definition) is 6. The molecule has 2 N–H and O–H groups in total. The fourth-order valence-corrected chi connectivity index (χ4v) is 4.99. The monoisotopic (exact) mass is 432 g/mol. The molecular formula is C23H32N2O6. The second-order valence-corrected chi connectivity index (χ2v) is 9.30. The highest BCUT2D eigenvalue weighted by Crippen LogP contribution is 2.52. The highest BCUT2D eigenvalue weighted by Gasteiger charge is 2.69. The van der Waals surface area contributed by atoms with Gasteiger partial charge in [0, 0.05) is 11.6 Å². The van der Waals surface area contributed by atoms with Gasteiger partial charge in [0.1, 0.15) is 5.54 Å². The Balaban J connectivity index is 2.17. The quantitative estimate of drug-likeness (QED) is 0.638. The number of carbonyl (C=O) groups excluding carboxylic acids is 2. The Hall–Kier alpha value is -2.61. The summed E-state index contributed by atoms with van der Waals surface area (Å²) < 4.78 is 10.7. The number of hydrogen-bond donors (Lipinski definition) is 2. The maximum Gasteiger partial charge on any atom is 0.324 e. The average molecular weight is 433 g/mol. The number of carboxylic acids is 1. The number of likely N-dealkylation sites (tertiary alicyclic amines) is 1. The largest absolute Gasteiger partial charge is 0.493 e. The third-order valence-electron chi connectivity index (χ3n) is 6.40. The van der Waals surface area contributed by atoms with Crippen molar-refractivity contribution in [1.29, 1.82) is 0 Å². The predicted molar refractivity (Wildman–Crippen MR) is 114 cm³/mol. The molecule has 2 heterocycles. The van der Waals surface area contributed by atoms with Crippen molar-refractivity contribution in [3.63, 3.8) is 0 Å². The number of carboxylic acid groups (broad SMARTS) is 1. The van der Waals surface area contributed by atoms with E-state index < -0.39 is 40.8 Å². The van der Waals surface area contributed by atoms with Gasteiger partial charge in [-0.2, -0.15) is 0 Å². The van der Waals surface area contributed by atoms with E-state index in [9.17, 15) is 19.5 Å². The molecule has 4 atom stereocenters. The van der Waals surface area contributed by atoms with Gasteiger partial charge in [0.2, 0.25) is 11.8 Å². The Morgan fingerprint density at radius 2 is 1.81 bits per heavy atom. The van der Waals surface area contributed by atoms with Crippen LogP contribution in [0.1, 0.15) is 58.6 Å². The van der Waals surface area contributed by atoms with E-state index in [1.54, 1.807) is 39.0 Å². The number of carbonyl (C=O) groups is 3. The van der Waals surface area contributed by atoms with Crippen LogP contribution >= 0.6 is 0 Å². The van der Waals surface area contributed by atoms with E-state index in [0.717, 1.165) is 6.42 Å². The van der Waals surface area contributed by atoms with Crippen LogP contribution in [-0.4, -0.2) is 53.1 Å². The molecule has 2 saturated heterocycles. The first kappa shape index (κ1) is 23.1. The fourth-order valence-electron chi connectivity index (χ4n) is 4.99. The molecule has 2 aliphatic heterocycles. The molecule has 2 amide bonds. The minimum atomic E-state index is -1.51. The van der Waals surface area contributed by atoms with Gasteiger partial charge in [-0.3, -0.25) is 24.6 Å². The number of aliphatic carboxylic acids is 1. The molecule has 2 aliphatic rings. The van der Waals surface area contributed by atoms with E-state index in [2.05, 4.69) is 5.32 Å². The third kappa shape index (κ3) is 3.56. The summed E-state index contributed by atoms with van der Waals surface area (Å²) in [5.74, 6) is -2.63. The van der Waals surface area contributed by atoms with E-state index in [1.807, 2.05) is 6.92 Å². The average Bonchev–Trinajstić information content (AvgIpc) is 3.20. The maximum atomic E-state index is 13.5. The number of fused-ring (bicyclic) bond motifs is 1. The van der Waals surface area contributed by atoms with Gasteiger partial charge >= 0.3 is 5.97 Å². The molecule has 0 aliphatic carbocycles. The van der Waals surface area contributed by atoms with Crippen molar-refractivity contribution < 1.29 is 29.0 Å². The number of nitrogens with one attached hydrogen (secondary N) is 1. The van der Waals surface area contributed by atoms with Crippen LogP contribution < -0.4 is 14.8 Å². The fraction of sp³-hybridized carbons (Fsp3) is 0.609. The van der Waals surface area contributed by atoms with Gasteiger partial charge in [0.05, 0.1) is 26.1 Å². The molecule has 8 nitrogen and oxygen atoms in total. The number of methoxy groups -OCH3 is 2. The van der Waals surface area contributed by atoms with Crippen LogP contribution in [0.5, 0.6) is 11.5 Å². The van der Waals surface area contributed by atoms with Crippen molar-refractivity contribution in [3.05, 3.63) is 23.8 Å². The highest BCUT2D eigenvalue weighted by atomic mass is 16.5. The number of amides is 2. The number of benzene rings is 1. The summed E-state index contributed by atoms with van der Waals surface area (Å²) in [4.78, 5) is 40.8. The van der Waals surface area contributed by atoms with Gasteiger partial charge in [0.25, 0.3) is 0 Å². The number of nitrogens with zero attached hydrogens (tertiary/aromatic N) is 1. The number of unbranched alkanes of at least 4 members (excludes halogenated alkanes) is 1. The van der Waals surface area contributed by atoms with Crippen LogP contribution in [0, 0.1) is 11.8 Å². The van der Waals surface area contributed by atoms with E-state index in [4.69, 9.17) is 9.47 Å². The first-order chi connectivity index (χ1) is 14.5. The van der Waals surface area contributed by atoms with E-state index in [1.165, 1.54) is 19.1 Å². The van der Waals surface area contributed by atoms with Crippen LogP contribution in [0.4, 0.5) is 0 Å². The first-order valence-electron chi connectivity index (χ1n) is 10.6. The normalized spacial score (nSPS) is 28.1. The molecule has 0 radical (unpaired) electrons. The number of imide groups is 1. The second kappa shape index (κ2) is 8.15.